The predicted molar refractivity (Wildman–Crippen MR) is 166 cm³/mol. The number of halogens is 3. The number of carbonyl (C=O) groups excluding carboxylic acids is 1. The number of aromatic nitrogens is 3. The van der Waals surface area contributed by atoms with Crippen LogP contribution in [0.2, 0.25) is 0 Å². The highest BCUT2D eigenvalue weighted by Gasteiger charge is 2.40. The van der Waals surface area contributed by atoms with Crippen molar-refractivity contribution in [1.29, 1.82) is 0 Å². The number of nitrogens with one attached hydrogen (secondary N) is 2. The summed E-state index contributed by atoms with van der Waals surface area (Å²) in [5, 5.41) is 9.90. The number of unbranched alkanes of at least 4 members (excludes halogenated alkanes) is 1. The molecule has 2 aromatic rings. The summed E-state index contributed by atoms with van der Waals surface area (Å²) < 4.78 is 44.4. The van der Waals surface area contributed by atoms with Crippen molar-refractivity contribution in [3.05, 3.63) is 60.2 Å². The van der Waals surface area contributed by atoms with E-state index in [4.69, 9.17) is 0 Å². The van der Waals surface area contributed by atoms with Gasteiger partial charge in [0.05, 0.1) is 29.2 Å². The second-order valence-corrected chi connectivity index (χ2v) is 11.3. The van der Waals surface area contributed by atoms with Crippen LogP contribution in [0.1, 0.15) is 76.8 Å². The first-order valence-corrected chi connectivity index (χ1v) is 15.5. The Morgan fingerprint density at radius 1 is 1.19 bits per heavy atom. The number of allylic oxidation sites excluding steroid dienone is 6. The van der Waals surface area contributed by atoms with Gasteiger partial charge in [-0.3, -0.25) is 9.98 Å². The number of rotatable bonds is 13. The van der Waals surface area contributed by atoms with Gasteiger partial charge in [-0.2, -0.15) is 18.3 Å². The third kappa shape index (κ3) is 9.93. The highest BCUT2D eigenvalue weighted by molar-refractivity contribution is 5.80. The van der Waals surface area contributed by atoms with Crippen molar-refractivity contribution >= 4 is 23.6 Å². The summed E-state index contributed by atoms with van der Waals surface area (Å²) in [5.74, 6) is -0.902. The first kappa shape index (κ1) is 32.2. The minimum atomic E-state index is -4.44. The molecule has 7 nitrogen and oxygen atoms in total. The van der Waals surface area contributed by atoms with Crippen LogP contribution >= 0.6 is 0 Å². The Bertz CT molecular complexity index is 1340. The summed E-state index contributed by atoms with van der Waals surface area (Å²) in [5.41, 5.74) is 4.25. The quantitative estimate of drug-likeness (QED) is 0.180. The van der Waals surface area contributed by atoms with E-state index in [9.17, 15) is 18.0 Å². The van der Waals surface area contributed by atoms with Crippen LogP contribution in [0.25, 0.3) is 16.8 Å². The van der Waals surface area contributed by atoms with Crippen LogP contribution in [-0.2, 0) is 0 Å². The molecule has 2 heterocycles. The maximum atomic E-state index is 14.2. The van der Waals surface area contributed by atoms with E-state index >= 15 is 0 Å². The predicted octanol–water partition coefficient (Wildman–Crippen LogP) is 8.32. The number of carbonyl (C=O) groups is 1. The third-order valence-electron chi connectivity index (χ3n) is 7.78. The molecule has 2 aromatic heterocycles. The van der Waals surface area contributed by atoms with E-state index in [1.165, 1.54) is 12.8 Å². The molecule has 0 aromatic carbocycles. The Hall–Kier alpha value is -3.69. The number of nitrogens with zero attached hydrogens (tertiary/aromatic N) is 4. The fourth-order valence-electron chi connectivity index (χ4n) is 5.14. The summed E-state index contributed by atoms with van der Waals surface area (Å²) in [6, 6.07) is 1.48. The van der Waals surface area contributed by atoms with E-state index in [1.54, 1.807) is 35.3 Å². The lowest BCUT2D eigenvalue weighted by Crippen LogP contribution is -2.38. The Balaban J connectivity index is 1.44. The average molecular weight is 597 g/mol. The first-order valence-electron chi connectivity index (χ1n) is 15.5. The summed E-state index contributed by atoms with van der Waals surface area (Å²) in [4.78, 5) is 21.1. The molecule has 1 saturated carbocycles. The monoisotopic (exact) mass is 596 g/mol. The Labute approximate surface area is 252 Å². The number of aryl methyl sites for hydroxylation is 1. The molecule has 0 saturated heterocycles. The van der Waals surface area contributed by atoms with Crippen LogP contribution in [0.3, 0.4) is 0 Å². The molecule has 232 valence electrons. The lowest BCUT2D eigenvalue weighted by Gasteiger charge is -2.22. The Morgan fingerprint density at radius 2 is 1.98 bits per heavy atom. The van der Waals surface area contributed by atoms with Gasteiger partial charge in [0, 0.05) is 42.8 Å². The summed E-state index contributed by atoms with van der Waals surface area (Å²) in [6.07, 6.45) is 17.8. The van der Waals surface area contributed by atoms with Crippen LogP contribution in [0.4, 0.5) is 23.7 Å². The second-order valence-electron chi connectivity index (χ2n) is 11.3. The van der Waals surface area contributed by atoms with Gasteiger partial charge in [0.1, 0.15) is 0 Å². The van der Waals surface area contributed by atoms with Gasteiger partial charge in [-0.05, 0) is 75.5 Å². The zero-order valence-corrected chi connectivity index (χ0v) is 25.2. The molecule has 43 heavy (non-hydrogen) atoms. The van der Waals surface area contributed by atoms with Gasteiger partial charge in [0.25, 0.3) is 0 Å². The topological polar surface area (TPSA) is 84.2 Å². The minimum Gasteiger partial charge on any atom is -0.338 e. The van der Waals surface area contributed by atoms with Crippen LogP contribution < -0.4 is 10.6 Å². The molecule has 2 aliphatic rings. The standard InChI is InChI=1S/C33H43F3N6O/c1-3-4-18-38-31-24(2)37-20-16-29(31)27-22-41-42(23-27)28-11-7-5-6-10-26(14-15-28)30(33(34,35)36)17-21-40-32(43)39-19-8-9-25-12-13-25/h10-11,14-16,18,20,22-23,25,30H,3-9,12-13,17,19,21H2,1-2H3,(H2,39,40,43)/b15-14-,26-10-,28-11+,38-18-. The van der Waals surface area contributed by atoms with E-state index in [0.29, 0.717) is 25.1 Å². The van der Waals surface area contributed by atoms with Crippen LogP contribution in [0, 0.1) is 18.8 Å². The van der Waals surface area contributed by atoms with Crippen molar-refractivity contribution in [2.24, 2.45) is 16.8 Å². The smallest absolute Gasteiger partial charge is 0.338 e. The van der Waals surface area contributed by atoms with Gasteiger partial charge < -0.3 is 10.6 Å². The third-order valence-corrected chi connectivity index (χ3v) is 7.78. The van der Waals surface area contributed by atoms with Crippen molar-refractivity contribution in [1.82, 2.24) is 25.4 Å². The fraction of sp³-hybridized carbons (Fsp3) is 0.515. The van der Waals surface area contributed by atoms with E-state index in [2.05, 4.69) is 32.6 Å². The number of amides is 2. The molecule has 1 fully saturated rings. The number of hydrogen-bond acceptors (Lipinski definition) is 4. The maximum absolute atomic E-state index is 14.2. The molecule has 0 spiro atoms. The normalized spacial score (nSPS) is 19.8. The van der Waals surface area contributed by atoms with Crippen molar-refractivity contribution in [3.63, 3.8) is 0 Å². The van der Waals surface area contributed by atoms with E-state index in [0.717, 1.165) is 60.5 Å². The average Bonchev–Trinajstić information content (AvgIpc) is 3.64. The molecular weight excluding hydrogens is 553 g/mol. The first-order chi connectivity index (χ1) is 20.8. The summed E-state index contributed by atoms with van der Waals surface area (Å²) in [7, 11) is 0. The zero-order valence-electron chi connectivity index (χ0n) is 25.2. The number of urea groups is 1. The van der Waals surface area contributed by atoms with Gasteiger partial charge in [-0.1, -0.05) is 44.4 Å². The zero-order chi connectivity index (χ0) is 30.7. The molecule has 10 heteroatoms. The Kier molecular flexibility index (Phi) is 11.8. The highest BCUT2D eigenvalue weighted by atomic mass is 19.4. The number of aliphatic imine (C=N–C) groups is 1. The molecule has 0 aliphatic heterocycles. The van der Waals surface area contributed by atoms with Crippen molar-refractivity contribution in [2.45, 2.75) is 84.2 Å². The second kappa shape index (κ2) is 15.7. The highest BCUT2D eigenvalue weighted by Crippen LogP contribution is 2.37. The molecule has 0 bridgehead atoms. The molecule has 2 amide bonds. The SMILES string of the molecule is CCC/C=N\c1c(-c2cnn(C3=C/CCC/C=C(C(CCNC(=O)NCCCC4CC4)C(F)(F)F)/C=C\3)c2)ccnc1C. The van der Waals surface area contributed by atoms with Gasteiger partial charge in [-0.25, -0.2) is 9.48 Å². The molecule has 0 radical (unpaired) electrons. The van der Waals surface area contributed by atoms with Crippen LogP contribution in [0.5, 0.6) is 0 Å². The van der Waals surface area contributed by atoms with E-state index < -0.39 is 18.1 Å². The van der Waals surface area contributed by atoms with Gasteiger partial charge in [-0.15, -0.1) is 0 Å². The lowest BCUT2D eigenvalue weighted by atomic mass is 9.93. The molecular formula is C33H43F3N6O. The lowest BCUT2D eigenvalue weighted by molar-refractivity contribution is -0.164. The summed E-state index contributed by atoms with van der Waals surface area (Å²) in [6.45, 7) is 4.48. The van der Waals surface area contributed by atoms with Gasteiger partial charge in [0.15, 0.2) is 0 Å². The van der Waals surface area contributed by atoms with Gasteiger partial charge >= 0.3 is 12.2 Å². The van der Waals surface area contributed by atoms with Gasteiger partial charge in [0.2, 0.25) is 0 Å². The van der Waals surface area contributed by atoms with Crippen molar-refractivity contribution in [3.8, 4) is 11.1 Å². The van der Waals surface area contributed by atoms with Crippen LogP contribution in [0.15, 0.2) is 59.5 Å². The fourth-order valence-corrected chi connectivity index (χ4v) is 5.14. The Morgan fingerprint density at radius 3 is 2.74 bits per heavy atom. The largest absolute Gasteiger partial charge is 0.395 e. The molecule has 4 rings (SSSR count). The minimum absolute atomic E-state index is 0.0660. The van der Waals surface area contributed by atoms with Crippen LogP contribution in [-0.4, -0.2) is 46.3 Å². The summed E-state index contributed by atoms with van der Waals surface area (Å²) >= 11 is 0. The van der Waals surface area contributed by atoms with Crippen molar-refractivity contribution < 1.29 is 18.0 Å². The van der Waals surface area contributed by atoms with E-state index in [-0.39, 0.29) is 18.5 Å². The van der Waals surface area contributed by atoms with E-state index in [1.807, 2.05) is 31.5 Å². The molecule has 2 aliphatic carbocycles. The number of alkyl halides is 3. The number of hydrogen-bond donors (Lipinski definition) is 2. The molecule has 2 N–H and O–H groups in total. The number of pyridine rings is 1. The van der Waals surface area contributed by atoms with Crippen molar-refractivity contribution in [2.75, 3.05) is 13.1 Å². The molecule has 1 unspecified atom stereocenters. The molecule has 1 atom stereocenters. The maximum Gasteiger partial charge on any atom is 0.395 e.